The van der Waals surface area contributed by atoms with Crippen molar-refractivity contribution in [3.8, 4) is 6.07 Å². The lowest BCUT2D eigenvalue weighted by Gasteiger charge is -2.44. The Morgan fingerprint density at radius 1 is 1.64 bits per heavy atom. The lowest BCUT2D eigenvalue weighted by molar-refractivity contribution is -0.0830. The third kappa shape index (κ3) is 2.49. The maximum absolute atomic E-state index is 9.33. The van der Waals surface area contributed by atoms with Gasteiger partial charge in [0.05, 0.1) is 11.7 Å². The van der Waals surface area contributed by atoms with Gasteiger partial charge in [-0.1, -0.05) is 0 Å². The van der Waals surface area contributed by atoms with Crippen molar-refractivity contribution in [2.75, 3.05) is 19.6 Å². The number of likely N-dealkylation sites (tertiary alicyclic amines) is 1. The monoisotopic (exact) mass is 154 g/mol. The van der Waals surface area contributed by atoms with E-state index in [4.69, 9.17) is 5.26 Å². The zero-order valence-corrected chi connectivity index (χ0v) is 6.88. The molecule has 1 rings (SSSR count). The molecule has 0 aromatic heterocycles. The summed E-state index contributed by atoms with van der Waals surface area (Å²) in [5.41, 5.74) is -0.466. The summed E-state index contributed by atoms with van der Waals surface area (Å²) < 4.78 is 0. The Morgan fingerprint density at radius 2 is 2.27 bits per heavy atom. The Bertz CT molecular complexity index is 163. The molecule has 0 atom stereocenters. The fourth-order valence-electron chi connectivity index (χ4n) is 1.46. The first-order chi connectivity index (χ1) is 5.14. The van der Waals surface area contributed by atoms with Crippen LogP contribution < -0.4 is 0 Å². The minimum Gasteiger partial charge on any atom is -0.388 e. The molecule has 1 saturated heterocycles. The second-order valence-corrected chi connectivity index (χ2v) is 3.47. The molecule has 0 unspecified atom stereocenters. The van der Waals surface area contributed by atoms with Crippen molar-refractivity contribution in [1.82, 2.24) is 4.90 Å². The molecule has 0 saturated carbocycles. The van der Waals surface area contributed by atoms with Crippen LogP contribution in [0.4, 0.5) is 0 Å². The van der Waals surface area contributed by atoms with Crippen molar-refractivity contribution in [2.24, 2.45) is 0 Å². The van der Waals surface area contributed by atoms with E-state index in [0.717, 1.165) is 26.1 Å². The van der Waals surface area contributed by atoms with Crippen LogP contribution in [0.3, 0.4) is 0 Å². The smallest absolute Gasteiger partial charge is 0.0872 e. The molecule has 0 aromatic carbocycles. The van der Waals surface area contributed by atoms with Gasteiger partial charge in [0.15, 0.2) is 0 Å². The predicted molar refractivity (Wildman–Crippen MR) is 41.9 cm³/mol. The third-order valence-corrected chi connectivity index (χ3v) is 1.89. The van der Waals surface area contributed by atoms with Crippen LogP contribution in [-0.4, -0.2) is 35.2 Å². The molecule has 0 bridgehead atoms. The predicted octanol–water partition coefficient (Wildman–Crippen LogP) is 0.357. The summed E-state index contributed by atoms with van der Waals surface area (Å²) in [6, 6.07) is 2.10. The van der Waals surface area contributed by atoms with Crippen molar-refractivity contribution in [1.29, 1.82) is 5.26 Å². The SMILES string of the molecule is CC1(O)CN(CCCC#N)C1. The van der Waals surface area contributed by atoms with Crippen LogP contribution in [0, 0.1) is 11.3 Å². The number of β-amino-alcohol motifs (C(OH)–C–C–N with tert-alkyl or cyclic N) is 1. The first-order valence-electron chi connectivity index (χ1n) is 3.96. The summed E-state index contributed by atoms with van der Waals surface area (Å²) in [5.74, 6) is 0. The van der Waals surface area contributed by atoms with Gasteiger partial charge in [-0.25, -0.2) is 0 Å². The molecular weight excluding hydrogens is 140 g/mol. The molecule has 1 aliphatic rings. The zero-order valence-electron chi connectivity index (χ0n) is 6.88. The first kappa shape index (κ1) is 8.51. The average Bonchev–Trinajstić information content (AvgIpc) is 1.84. The highest BCUT2D eigenvalue weighted by Gasteiger charge is 2.35. The molecule has 0 aliphatic carbocycles. The lowest BCUT2D eigenvalue weighted by Crippen LogP contribution is -2.59. The van der Waals surface area contributed by atoms with Crippen LogP contribution in [0.2, 0.25) is 0 Å². The fraction of sp³-hybridized carbons (Fsp3) is 0.875. The number of hydrogen-bond acceptors (Lipinski definition) is 3. The van der Waals surface area contributed by atoms with Crippen molar-refractivity contribution in [2.45, 2.75) is 25.4 Å². The van der Waals surface area contributed by atoms with Crippen LogP contribution in [0.15, 0.2) is 0 Å². The van der Waals surface area contributed by atoms with Gasteiger partial charge in [0.25, 0.3) is 0 Å². The molecule has 1 fully saturated rings. The molecule has 0 radical (unpaired) electrons. The van der Waals surface area contributed by atoms with E-state index < -0.39 is 5.60 Å². The van der Waals surface area contributed by atoms with Gasteiger partial charge < -0.3 is 5.11 Å². The van der Waals surface area contributed by atoms with E-state index in [9.17, 15) is 5.11 Å². The standard InChI is InChI=1S/C8H14N2O/c1-8(11)6-10(7-8)5-3-2-4-9/h11H,2-3,5-7H2,1H3. The third-order valence-electron chi connectivity index (χ3n) is 1.89. The highest BCUT2D eigenvalue weighted by molar-refractivity contribution is 4.91. The second-order valence-electron chi connectivity index (χ2n) is 3.47. The summed E-state index contributed by atoms with van der Waals surface area (Å²) in [4.78, 5) is 2.16. The topological polar surface area (TPSA) is 47.3 Å². The van der Waals surface area contributed by atoms with E-state index >= 15 is 0 Å². The molecule has 3 nitrogen and oxygen atoms in total. The molecular formula is C8H14N2O. The first-order valence-corrected chi connectivity index (χ1v) is 3.96. The largest absolute Gasteiger partial charge is 0.388 e. The highest BCUT2D eigenvalue weighted by atomic mass is 16.3. The Morgan fingerprint density at radius 3 is 2.73 bits per heavy atom. The van der Waals surface area contributed by atoms with E-state index in [0.29, 0.717) is 6.42 Å². The quantitative estimate of drug-likeness (QED) is 0.597. The molecule has 3 heteroatoms. The van der Waals surface area contributed by atoms with E-state index in [1.165, 1.54) is 0 Å². The van der Waals surface area contributed by atoms with Gasteiger partial charge in [-0.15, -0.1) is 0 Å². The van der Waals surface area contributed by atoms with E-state index in [1.807, 2.05) is 6.92 Å². The van der Waals surface area contributed by atoms with Gasteiger partial charge in [0.2, 0.25) is 0 Å². The number of aliphatic hydroxyl groups is 1. The van der Waals surface area contributed by atoms with Gasteiger partial charge in [-0.05, 0) is 19.9 Å². The molecule has 0 amide bonds. The zero-order chi connectivity index (χ0) is 8.32. The molecule has 1 heterocycles. The van der Waals surface area contributed by atoms with Crippen LogP contribution in [0.25, 0.3) is 0 Å². The number of rotatable bonds is 3. The highest BCUT2D eigenvalue weighted by Crippen LogP contribution is 2.19. The Labute approximate surface area is 67.2 Å². The van der Waals surface area contributed by atoms with Gasteiger partial charge in [-0.2, -0.15) is 5.26 Å². The Kier molecular flexibility index (Phi) is 2.48. The summed E-state index contributed by atoms with van der Waals surface area (Å²) in [5, 5.41) is 17.6. The van der Waals surface area contributed by atoms with E-state index in [2.05, 4.69) is 11.0 Å². The number of unbranched alkanes of at least 4 members (excludes halogenated alkanes) is 1. The number of nitriles is 1. The molecule has 1 N–H and O–H groups in total. The van der Waals surface area contributed by atoms with Crippen molar-refractivity contribution in [3.05, 3.63) is 0 Å². The molecule has 62 valence electrons. The Hall–Kier alpha value is -0.590. The van der Waals surface area contributed by atoms with Crippen molar-refractivity contribution in [3.63, 3.8) is 0 Å². The van der Waals surface area contributed by atoms with E-state index in [1.54, 1.807) is 0 Å². The van der Waals surface area contributed by atoms with Gasteiger partial charge in [0.1, 0.15) is 0 Å². The Balaban J connectivity index is 2.01. The minimum absolute atomic E-state index is 0.466. The molecule has 1 aliphatic heterocycles. The number of hydrogen-bond donors (Lipinski definition) is 1. The normalized spacial score (nSPS) is 22.3. The maximum Gasteiger partial charge on any atom is 0.0872 e. The van der Waals surface area contributed by atoms with Crippen LogP contribution >= 0.6 is 0 Å². The van der Waals surface area contributed by atoms with Gasteiger partial charge in [-0.3, -0.25) is 4.90 Å². The number of nitrogens with zero attached hydrogens (tertiary/aromatic N) is 2. The van der Waals surface area contributed by atoms with Crippen molar-refractivity contribution < 1.29 is 5.11 Å². The summed E-state index contributed by atoms with van der Waals surface area (Å²) in [6.07, 6.45) is 1.55. The van der Waals surface area contributed by atoms with Crippen LogP contribution in [-0.2, 0) is 0 Å². The summed E-state index contributed by atoms with van der Waals surface area (Å²) in [6.45, 7) is 4.31. The van der Waals surface area contributed by atoms with Gasteiger partial charge in [0, 0.05) is 19.5 Å². The summed E-state index contributed by atoms with van der Waals surface area (Å²) in [7, 11) is 0. The average molecular weight is 154 g/mol. The van der Waals surface area contributed by atoms with Crippen LogP contribution in [0.1, 0.15) is 19.8 Å². The molecule has 0 spiro atoms. The van der Waals surface area contributed by atoms with Crippen molar-refractivity contribution >= 4 is 0 Å². The minimum atomic E-state index is -0.466. The maximum atomic E-state index is 9.33. The van der Waals surface area contributed by atoms with Crippen LogP contribution in [0.5, 0.6) is 0 Å². The second kappa shape index (κ2) is 3.21. The molecule has 11 heavy (non-hydrogen) atoms. The lowest BCUT2D eigenvalue weighted by atomic mass is 9.97. The van der Waals surface area contributed by atoms with Gasteiger partial charge >= 0.3 is 0 Å². The van der Waals surface area contributed by atoms with E-state index in [-0.39, 0.29) is 0 Å². The summed E-state index contributed by atoms with van der Waals surface area (Å²) >= 11 is 0. The molecule has 0 aromatic rings. The fourth-order valence-corrected chi connectivity index (χ4v) is 1.46.